The lowest BCUT2D eigenvalue weighted by Crippen LogP contribution is -2.41. The van der Waals surface area contributed by atoms with Crippen LogP contribution in [0.3, 0.4) is 0 Å². The van der Waals surface area contributed by atoms with Gasteiger partial charge in [-0.3, -0.25) is 30.6 Å². The number of aryl methyl sites for hydroxylation is 1. The minimum absolute atomic E-state index is 0.0737. The molecule has 2 aromatic carbocycles. The highest BCUT2D eigenvalue weighted by Crippen LogP contribution is 2.17. The summed E-state index contributed by atoms with van der Waals surface area (Å²) in [5.41, 5.74) is 5.69. The first kappa shape index (κ1) is 16.6. The molecule has 0 fully saturated rings. The highest BCUT2D eigenvalue weighted by atomic mass is 79.9. The Hall–Kier alpha value is -2.74. The molecule has 0 spiro atoms. The molecule has 0 heterocycles. The molecule has 0 atom stereocenters. The van der Waals surface area contributed by atoms with Crippen LogP contribution in [-0.2, 0) is 0 Å². The molecule has 0 unspecified atom stereocenters. The molecule has 2 amide bonds. The lowest BCUT2D eigenvalue weighted by molar-refractivity contribution is -0.384. The van der Waals surface area contributed by atoms with Gasteiger partial charge in [-0.1, -0.05) is 28.1 Å². The van der Waals surface area contributed by atoms with Crippen molar-refractivity contribution in [2.45, 2.75) is 6.92 Å². The summed E-state index contributed by atoms with van der Waals surface area (Å²) in [5, 5.41) is 10.7. The molecule has 2 rings (SSSR count). The van der Waals surface area contributed by atoms with Crippen molar-refractivity contribution in [2.75, 3.05) is 0 Å². The van der Waals surface area contributed by atoms with E-state index >= 15 is 0 Å². The smallest absolute Gasteiger partial charge is 0.267 e. The number of nitro benzene ring substituents is 1. The van der Waals surface area contributed by atoms with Gasteiger partial charge in [-0.05, 0) is 30.7 Å². The van der Waals surface area contributed by atoms with Gasteiger partial charge >= 0.3 is 0 Å². The zero-order valence-electron chi connectivity index (χ0n) is 12.0. The largest absolute Gasteiger partial charge is 0.270 e. The molecule has 2 aromatic rings. The van der Waals surface area contributed by atoms with Crippen LogP contribution in [0.15, 0.2) is 46.9 Å². The average molecular weight is 378 g/mol. The number of carbonyl (C=O) groups is 2. The average Bonchev–Trinajstić information content (AvgIpc) is 2.54. The molecule has 0 radical (unpaired) electrons. The van der Waals surface area contributed by atoms with Crippen LogP contribution in [0.5, 0.6) is 0 Å². The molecular weight excluding hydrogens is 366 g/mol. The first-order chi connectivity index (χ1) is 10.9. The number of nitro groups is 1. The molecule has 0 bridgehead atoms. The maximum Gasteiger partial charge on any atom is 0.270 e. The van der Waals surface area contributed by atoms with Gasteiger partial charge in [0.25, 0.3) is 17.5 Å². The normalized spacial score (nSPS) is 10.0. The first-order valence-electron chi connectivity index (χ1n) is 6.50. The molecule has 0 aliphatic heterocycles. The zero-order chi connectivity index (χ0) is 17.0. The van der Waals surface area contributed by atoms with E-state index in [-0.39, 0.29) is 11.3 Å². The van der Waals surface area contributed by atoms with E-state index in [1.54, 1.807) is 18.2 Å². The van der Waals surface area contributed by atoms with Gasteiger partial charge in [-0.15, -0.1) is 0 Å². The Bertz CT molecular complexity index is 792. The third-order valence-corrected chi connectivity index (χ3v) is 3.90. The van der Waals surface area contributed by atoms with Crippen molar-refractivity contribution in [3.05, 3.63) is 73.7 Å². The molecule has 118 valence electrons. The van der Waals surface area contributed by atoms with Crippen LogP contribution in [-0.4, -0.2) is 16.7 Å². The van der Waals surface area contributed by atoms with Gasteiger partial charge in [0, 0.05) is 27.7 Å². The van der Waals surface area contributed by atoms with Crippen LogP contribution < -0.4 is 10.9 Å². The Labute approximate surface area is 139 Å². The summed E-state index contributed by atoms with van der Waals surface area (Å²) >= 11 is 3.32. The van der Waals surface area contributed by atoms with E-state index in [9.17, 15) is 19.7 Å². The number of hydrazine groups is 1. The van der Waals surface area contributed by atoms with Gasteiger partial charge in [0.1, 0.15) is 0 Å². The zero-order valence-corrected chi connectivity index (χ0v) is 13.6. The van der Waals surface area contributed by atoms with Crippen molar-refractivity contribution < 1.29 is 14.5 Å². The Morgan fingerprint density at radius 3 is 2.22 bits per heavy atom. The van der Waals surface area contributed by atoms with E-state index in [1.165, 1.54) is 18.2 Å². The standard InChI is InChI=1S/C15H12BrN3O4/c1-9-5-6-11(8-13(9)16)15(21)18-17-14(20)10-3-2-4-12(7-10)19(22)23/h2-8H,1H3,(H,17,20)(H,18,21). The van der Waals surface area contributed by atoms with Crippen molar-refractivity contribution in [3.8, 4) is 0 Å². The summed E-state index contributed by atoms with van der Waals surface area (Å²) in [6.07, 6.45) is 0. The molecule has 23 heavy (non-hydrogen) atoms. The van der Waals surface area contributed by atoms with Gasteiger partial charge in [-0.25, -0.2) is 0 Å². The van der Waals surface area contributed by atoms with E-state index in [0.29, 0.717) is 5.56 Å². The second-order valence-electron chi connectivity index (χ2n) is 4.68. The summed E-state index contributed by atoms with van der Waals surface area (Å²) in [4.78, 5) is 34.0. The van der Waals surface area contributed by atoms with E-state index in [0.717, 1.165) is 16.1 Å². The lowest BCUT2D eigenvalue weighted by Gasteiger charge is -2.08. The Balaban J connectivity index is 2.03. The number of nitrogens with one attached hydrogen (secondary N) is 2. The molecule has 8 heteroatoms. The predicted octanol–water partition coefficient (Wildman–Crippen LogP) is 2.74. The Kier molecular flexibility index (Phi) is 5.07. The van der Waals surface area contributed by atoms with E-state index < -0.39 is 16.7 Å². The molecule has 7 nitrogen and oxygen atoms in total. The number of hydrogen-bond acceptors (Lipinski definition) is 4. The van der Waals surface area contributed by atoms with Gasteiger partial charge in [-0.2, -0.15) is 0 Å². The van der Waals surface area contributed by atoms with Crippen molar-refractivity contribution in [2.24, 2.45) is 0 Å². The summed E-state index contributed by atoms with van der Waals surface area (Å²) in [6, 6.07) is 10.2. The van der Waals surface area contributed by atoms with Crippen LogP contribution in [0, 0.1) is 17.0 Å². The van der Waals surface area contributed by atoms with Crippen LogP contribution in [0.2, 0.25) is 0 Å². The number of carbonyl (C=O) groups excluding carboxylic acids is 2. The third kappa shape index (κ3) is 4.13. The molecule has 0 saturated carbocycles. The number of halogens is 1. The number of hydrogen-bond donors (Lipinski definition) is 2. The lowest BCUT2D eigenvalue weighted by atomic mass is 10.1. The molecule has 0 aliphatic carbocycles. The molecule has 0 aliphatic rings. The highest BCUT2D eigenvalue weighted by molar-refractivity contribution is 9.10. The molecule has 2 N–H and O–H groups in total. The molecular formula is C15H12BrN3O4. The van der Waals surface area contributed by atoms with Gasteiger partial charge in [0.2, 0.25) is 0 Å². The Morgan fingerprint density at radius 2 is 1.65 bits per heavy atom. The van der Waals surface area contributed by atoms with E-state index in [1.807, 2.05) is 6.92 Å². The number of nitrogens with zero attached hydrogens (tertiary/aromatic N) is 1. The topological polar surface area (TPSA) is 101 Å². The predicted molar refractivity (Wildman–Crippen MR) is 86.9 cm³/mol. The third-order valence-electron chi connectivity index (χ3n) is 3.04. The quantitative estimate of drug-likeness (QED) is 0.633. The second-order valence-corrected chi connectivity index (χ2v) is 5.53. The molecule has 0 aromatic heterocycles. The van der Waals surface area contributed by atoms with Crippen LogP contribution in [0.4, 0.5) is 5.69 Å². The van der Waals surface area contributed by atoms with Gasteiger partial charge in [0.15, 0.2) is 0 Å². The van der Waals surface area contributed by atoms with Crippen LogP contribution in [0.25, 0.3) is 0 Å². The summed E-state index contributed by atoms with van der Waals surface area (Å²) < 4.78 is 0.773. The maximum absolute atomic E-state index is 12.0. The van der Waals surface area contributed by atoms with E-state index in [2.05, 4.69) is 26.8 Å². The second kappa shape index (κ2) is 7.01. The van der Waals surface area contributed by atoms with Crippen molar-refractivity contribution in [1.82, 2.24) is 10.9 Å². The number of benzene rings is 2. The fraction of sp³-hybridized carbons (Fsp3) is 0.0667. The summed E-state index contributed by atoms with van der Waals surface area (Å²) in [6.45, 7) is 1.88. The minimum atomic E-state index is -0.645. The monoisotopic (exact) mass is 377 g/mol. The van der Waals surface area contributed by atoms with E-state index in [4.69, 9.17) is 0 Å². The minimum Gasteiger partial charge on any atom is -0.267 e. The van der Waals surface area contributed by atoms with Crippen LogP contribution in [0.1, 0.15) is 26.3 Å². The SMILES string of the molecule is Cc1ccc(C(=O)NNC(=O)c2cccc([N+](=O)[O-])c2)cc1Br. The van der Waals surface area contributed by atoms with Gasteiger partial charge in [0.05, 0.1) is 4.92 Å². The number of amides is 2. The van der Waals surface area contributed by atoms with Crippen LogP contribution >= 0.6 is 15.9 Å². The Morgan fingerprint density at radius 1 is 1.04 bits per heavy atom. The fourth-order valence-corrected chi connectivity index (χ4v) is 2.13. The fourth-order valence-electron chi connectivity index (χ4n) is 1.75. The summed E-state index contributed by atoms with van der Waals surface area (Å²) in [7, 11) is 0. The highest BCUT2D eigenvalue weighted by Gasteiger charge is 2.13. The summed E-state index contributed by atoms with van der Waals surface area (Å²) in [5.74, 6) is -1.14. The number of non-ortho nitro benzene ring substituents is 1. The first-order valence-corrected chi connectivity index (χ1v) is 7.29. The molecule has 0 saturated heterocycles. The van der Waals surface area contributed by atoms with Gasteiger partial charge < -0.3 is 0 Å². The maximum atomic E-state index is 12.0. The van der Waals surface area contributed by atoms with Crippen molar-refractivity contribution in [3.63, 3.8) is 0 Å². The van der Waals surface area contributed by atoms with Crippen molar-refractivity contribution >= 4 is 33.4 Å². The van der Waals surface area contributed by atoms with Crippen molar-refractivity contribution in [1.29, 1.82) is 0 Å². The number of rotatable bonds is 3.